The van der Waals surface area contributed by atoms with Crippen molar-refractivity contribution >= 4 is 33.5 Å². The number of carbonyl (C=O) groups is 1. The number of carbonyl (C=O) groups excluding carboxylic acids is 1. The van der Waals surface area contributed by atoms with E-state index >= 15 is 0 Å². The molecule has 2 aromatic heterocycles. The molecule has 0 saturated heterocycles. The van der Waals surface area contributed by atoms with E-state index < -0.39 is 0 Å². The number of hydrogen-bond acceptors (Lipinski definition) is 4. The summed E-state index contributed by atoms with van der Waals surface area (Å²) in [7, 11) is 1.58. The number of benzene rings is 3. The first-order chi connectivity index (χ1) is 14.6. The first-order valence-electron chi connectivity index (χ1n) is 9.57. The highest BCUT2D eigenvalue weighted by molar-refractivity contribution is 6.09. The number of anilines is 1. The second-order valence-corrected chi connectivity index (χ2v) is 7.02. The lowest BCUT2D eigenvalue weighted by molar-refractivity contribution is 0.102. The zero-order valence-electron chi connectivity index (χ0n) is 16.5. The Morgan fingerprint density at radius 3 is 2.53 bits per heavy atom. The molecule has 1 N–H and O–H groups in total. The second kappa shape index (κ2) is 7.08. The summed E-state index contributed by atoms with van der Waals surface area (Å²) in [6.45, 7) is 1.91. The number of para-hydroxylation sites is 2. The maximum Gasteiger partial charge on any atom is 0.276 e. The van der Waals surface area contributed by atoms with Gasteiger partial charge in [-0.1, -0.05) is 36.4 Å². The highest BCUT2D eigenvalue weighted by atomic mass is 16.5. The minimum Gasteiger partial charge on any atom is -0.495 e. The number of aryl methyl sites for hydroxylation is 1. The molecule has 0 fully saturated rings. The van der Waals surface area contributed by atoms with E-state index in [4.69, 9.17) is 9.15 Å². The Labute approximate surface area is 172 Å². The van der Waals surface area contributed by atoms with Gasteiger partial charge in [0.1, 0.15) is 16.9 Å². The largest absolute Gasteiger partial charge is 0.495 e. The number of fused-ring (bicyclic) bond motifs is 3. The summed E-state index contributed by atoms with van der Waals surface area (Å²) >= 11 is 0. The fourth-order valence-electron chi connectivity index (χ4n) is 3.62. The van der Waals surface area contributed by atoms with E-state index in [1.807, 2.05) is 67.6 Å². The van der Waals surface area contributed by atoms with Crippen molar-refractivity contribution in [2.75, 3.05) is 12.4 Å². The number of amides is 1. The monoisotopic (exact) mass is 397 g/mol. The minimum absolute atomic E-state index is 0.318. The van der Waals surface area contributed by atoms with Crippen LogP contribution in [0.15, 0.2) is 77.2 Å². The topological polar surface area (TPSA) is 69.3 Å². The second-order valence-electron chi connectivity index (χ2n) is 7.02. The van der Waals surface area contributed by atoms with Gasteiger partial charge in [-0.2, -0.15) is 5.10 Å². The Balaban J connectivity index is 1.51. The van der Waals surface area contributed by atoms with Crippen LogP contribution in [0.1, 0.15) is 16.2 Å². The van der Waals surface area contributed by atoms with Crippen molar-refractivity contribution < 1.29 is 13.9 Å². The molecule has 3 aromatic carbocycles. The average Bonchev–Trinajstić information content (AvgIpc) is 3.33. The fourth-order valence-corrected chi connectivity index (χ4v) is 3.62. The summed E-state index contributed by atoms with van der Waals surface area (Å²) in [6.07, 6.45) is 0. The van der Waals surface area contributed by atoms with Crippen LogP contribution in [0.5, 0.6) is 5.75 Å². The highest BCUT2D eigenvalue weighted by Gasteiger charge is 2.17. The molecule has 0 saturated carbocycles. The van der Waals surface area contributed by atoms with Crippen LogP contribution in [-0.2, 0) is 0 Å². The molecule has 0 bridgehead atoms. The minimum atomic E-state index is -0.318. The quantitative estimate of drug-likeness (QED) is 0.444. The highest BCUT2D eigenvalue weighted by Crippen LogP contribution is 2.36. The van der Waals surface area contributed by atoms with Gasteiger partial charge in [-0.05, 0) is 37.3 Å². The molecule has 5 rings (SSSR count). The van der Waals surface area contributed by atoms with E-state index in [9.17, 15) is 4.79 Å². The van der Waals surface area contributed by atoms with Gasteiger partial charge in [0.15, 0.2) is 5.69 Å². The van der Waals surface area contributed by atoms with E-state index in [0.29, 0.717) is 22.7 Å². The van der Waals surface area contributed by atoms with Crippen LogP contribution in [0.2, 0.25) is 0 Å². The third kappa shape index (κ3) is 2.99. The van der Waals surface area contributed by atoms with Crippen molar-refractivity contribution in [3.63, 3.8) is 0 Å². The van der Waals surface area contributed by atoms with Crippen LogP contribution in [0, 0.1) is 6.92 Å². The van der Waals surface area contributed by atoms with Gasteiger partial charge < -0.3 is 14.5 Å². The van der Waals surface area contributed by atoms with E-state index in [1.165, 1.54) is 0 Å². The number of methoxy groups -OCH3 is 1. The number of hydrogen-bond donors (Lipinski definition) is 1. The molecule has 0 radical (unpaired) electrons. The zero-order valence-corrected chi connectivity index (χ0v) is 16.5. The number of nitrogens with one attached hydrogen (secondary N) is 1. The third-order valence-electron chi connectivity index (χ3n) is 5.07. The van der Waals surface area contributed by atoms with E-state index in [0.717, 1.165) is 27.7 Å². The van der Waals surface area contributed by atoms with Gasteiger partial charge in [-0.15, -0.1) is 0 Å². The summed E-state index contributed by atoms with van der Waals surface area (Å²) in [6, 6.07) is 22.9. The molecule has 30 heavy (non-hydrogen) atoms. The van der Waals surface area contributed by atoms with Crippen molar-refractivity contribution in [2.45, 2.75) is 6.92 Å². The van der Waals surface area contributed by atoms with Crippen LogP contribution in [0.4, 0.5) is 5.69 Å². The first kappa shape index (κ1) is 18.0. The molecular weight excluding hydrogens is 378 g/mol. The SMILES string of the molecule is COc1cc2c(cc1NC(=O)c1cc(C)n(-c3ccccc3)n1)oc1ccccc12. The van der Waals surface area contributed by atoms with E-state index in [-0.39, 0.29) is 5.91 Å². The molecule has 0 aliphatic rings. The summed E-state index contributed by atoms with van der Waals surface area (Å²) in [5, 5.41) is 9.31. The lowest BCUT2D eigenvalue weighted by atomic mass is 10.1. The predicted octanol–water partition coefficient (Wildman–Crippen LogP) is 5.34. The van der Waals surface area contributed by atoms with Crippen molar-refractivity contribution in [3.05, 3.63) is 84.2 Å². The van der Waals surface area contributed by atoms with Crippen LogP contribution in [-0.4, -0.2) is 22.8 Å². The van der Waals surface area contributed by atoms with Crippen molar-refractivity contribution in [1.29, 1.82) is 0 Å². The molecule has 1 amide bonds. The molecule has 6 heteroatoms. The van der Waals surface area contributed by atoms with E-state index in [1.54, 1.807) is 23.9 Å². The maximum absolute atomic E-state index is 12.9. The fraction of sp³-hybridized carbons (Fsp3) is 0.0833. The van der Waals surface area contributed by atoms with Crippen molar-refractivity contribution in [3.8, 4) is 11.4 Å². The molecule has 2 heterocycles. The zero-order chi connectivity index (χ0) is 20.7. The van der Waals surface area contributed by atoms with Gasteiger partial charge in [-0.3, -0.25) is 4.79 Å². The van der Waals surface area contributed by atoms with Gasteiger partial charge >= 0.3 is 0 Å². The van der Waals surface area contributed by atoms with Gasteiger partial charge in [-0.25, -0.2) is 4.68 Å². The van der Waals surface area contributed by atoms with Crippen LogP contribution >= 0.6 is 0 Å². The number of ether oxygens (including phenoxy) is 1. The lowest BCUT2D eigenvalue weighted by Crippen LogP contribution is -2.14. The summed E-state index contributed by atoms with van der Waals surface area (Å²) in [4.78, 5) is 12.9. The Morgan fingerprint density at radius 1 is 0.967 bits per heavy atom. The van der Waals surface area contributed by atoms with Crippen molar-refractivity contribution in [2.24, 2.45) is 0 Å². The number of aromatic nitrogens is 2. The van der Waals surface area contributed by atoms with Gasteiger partial charge in [0.05, 0.1) is 18.5 Å². The molecule has 0 aliphatic carbocycles. The smallest absolute Gasteiger partial charge is 0.276 e. The average molecular weight is 397 g/mol. The Kier molecular flexibility index (Phi) is 4.25. The van der Waals surface area contributed by atoms with Crippen LogP contribution < -0.4 is 10.1 Å². The molecule has 6 nitrogen and oxygen atoms in total. The first-order valence-corrected chi connectivity index (χ1v) is 9.57. The Bertz CT molecular complexity index is 1380. The molecule has 5 aromatic rings. The molecule has 148 valence electrons. The normalized spacial score (nSPS) is 11.1. The number of nitrogens with zero attached hydrogens (tertiary/aromatic N) is 2. The maximum atomic E-state index is 12.9. The third-order valence-corrected chi connectivity index (χ3v) is 5.07. The molecule has 0 spiro atoms. The van der Waals surface area contributed by atoms with Gasteiger partial charge in [0.25, 0.3) is 5.91 Å². The van der Waals surface area contributed by atoms with Crippen molar-refractivity contribution in [1.82, 2.24) is 9.78 Å². The van der Waals surface area contributed by atoms with Crippen LogP contribution in [0.3, 0.4) is 0 Å². The number of rotatable bonds is 4. The Morgan fingerprint density at radius 2 is 1.73 bits per heavy atom. The number of furan rings is 1. The molecule has 0 unspecified atom stereocenters. The molecule has 0 atom stereocenters. The lowest BCUT2D eigenvalue weighted by Gasteiger charge is -2.09. The molecule has 0 aliphatic heterocycles. The van der Waals surface area contributed by atoms with E-state index in [2.05, 4.69) is 10.4 Å². The van der Waals surface area contributed by atoms with Gasteiger partial charge in [0.2, 0.25) is 0 Å². The summed E-state index contributed by atoms with van der Waals surface area (Å²) in [5.74, 6) is 0.239. The summed E-state index contributed by atoms with van der Waals surface area (Å²) in [5.41, 5.74) is 4.08. The standard InChI is InChI=1S/C24H19N3O3/c1-15-12-20(26-27(15)16-8-4-3-5-9-16)24(28)25-19-14-22-18(13-23(19)29-2)17-10-6-7-11-21(17)30-22/h3-14H,1-2H3,(H,25,28). The summed E-state index contributed by atoms with van der Waals surface area (Å²) < 4.78 is 13.2. The van der Waals surface area contributed by atoms with Crippen LogP contribution in [0.25, 0.3) is 27.6 Å². The molecular formula is C24H19N3O3. The van der Waals surface area contributed by atoms with Gasteiger partial charge in [0, 0.05) is 22.5 Å². The Hall–Kier alpha value is -4.06. The predicted molar refractivity (Wildman–Crippen MR) is 117 cm³/mol.